The molecule has 1 amide bonds. The van der Waals surface area contributed by atoms with E-state index in [1.54, 1.807) is 18.2 Å². The second kappa shape index (κ2) is 6.78. The number of halogens is 2. The molecule has 2 aromatic rings. The maximum atomic E-state index is 12.1. The van der Waals surface area contributed by atoms with Crippen molar-refractivity contribution in [1.82, 2.24) is 5.32 Å². The summed E-state index contributed by atoms with van der Waals surface area (Å²) in [5.41, 5.74) is 3.46. The van der Waals surface area contributed by atoms with Gasteiger partial charge in [-0.3, -0.25) is 4.79 Å². The molecular formula is C16H15Cl2NO. The topological polar surface area (TPSA) is 29.1 Å². The highest BCUT2D eigenvalue weighted by Crippen LogP contribution is 2.18. The number of nitrogens with one attached hydrogen (secondary N) is 1. The van der Waals surface area contributed by atoms with Gasteiger partial charge in [0.25, 0.3) is 5.91 Å². The van der Waals surface area contributed by atoms with E-state index in [1.165, 1.54) is 0 Å². The van der Waals surface area contributed by atoms with Gasteiger partial charge in [0.05, 0.1) is 0 Å². The molecule has 0 aromatic heterocycles. The van der Waals surface area contributed by atoms with Crippen LogP contribution in [0.15, 0.2) is 42.5 Å². The summed E-state index contributed by atoms with van der Waals surface area (Å²) in [6.07, 6.45) is 0. The van der Waals surface area contributed by atoms with E-state index >= 15 is 0 Å². The molecule has 2 rings (SSSR count). The molecule has 0 heterocycles. The Bertz CT molecular complexity index is 626. The average Bonchev–Trinajstić information content (AvgIpc) is 2.48. The summed E-state index contributed by atoms with van der Waals surface area (Å²) < 4.78 is 0. The third kappa shape index (κ3) is 3.53. The zero-order valence-corrected chi connectivity index (χ0v) is 12.6. The number of amides is 1. The monoisotopic (exact) mass is 307 g/mol. The first kappa shape index (κ1) is 14.9. The molecule has 104 valence electrons. The van der Waals surface area contributed by atoms with Gasteiger partial charge in [-0.05, 0) is 35.7 Å². The lowest BCUT2D eigenvalue weighted by Gasteiger charge is -2.09. The molecule has 0 atom stereocenters. The van der Waals surface area contributed by atoms with Crippen LogP contribution >= 0.6 is 23.2 Å². The van der Waals surface area contributed by atoms with E-state index in [-0.39, 0.29) is 5.91 Å². The molecule has 0 radical (unpaired) electrons. The molecule has 0 aliphatic heterocycles. The van der Waals surface area contributed by atoms with Crippen molar-refractivity contribution in [2.75, 3.05) is 0 Å². The first-order valence-electron chi connectivity index (χ1n) is 6.29. The Labute approximate surface area is 128 Å². The Balaban J connectivity index is 2.06. The largest absolute Gasteiger partial charge is 0.348 e. The lowest BCUT2D eigenvalue weighted by Crippen LogP contribution is -2.23. The maximum Gasteiger partial charge on any atom is 0.251 e. The van der Waals surface area contributed by atoms with Crippen LogP contribution in [-0.2, 0) is 12.4 Å². The Morgan fingerprint density at radius 1 is 1.15 bits per heavy atom. The molecule has 0 aliphatic rings. The minimum Gasteiger partial charge on any atom is -0.348 e. The summed E-state index contributed by atoms with van der Waals surface area (Å²) >= 11 is 11.8. The van der Waals surface area contributed by atoms with E-state index in [0.29, 0.717) is 23.0 Å². The molecule has 2 aromatic carbocycles. The molecule has 0 fully saturated rings. The highest BCUT2D eigenvalue weighted by molar-refractivity contribution is 6.31. The summed E-state index contributed by atoms with van der Waals surface area (Å²) in [7, 11) is 0. The third-order valence-corrected chi connectivity index (χ3v) is 3.83. The van der Waals surface area contributed by atoms with Crippen LogP contribution in [-0.4, -0.2) is 5.91 Å². The Hall–Kier alpha value is -1.51. The van der Waals surface area contributed by atoms with Gasteiger partial charge in [-0.1, -0.05) is 41.9 Å². The van der Waals surface area contributed by atoms with E-state index in [1.807, 2.05) is 31.2 Å². The van der Waals surface area contributed by atoms with Gasteiger partial charge in [0.2, 0.25) is 0 Å². The quantitative estimate of drug-likeness (QED) is 0.838. The van der Waals surface area contributed by atoms with Gasteiger partial charge in [0, 0.05) is 23.0 Å². The minimum absolute atomic E-state index is 0.124. The standard InChI is InChI=1S/C16H15Cl2NO/c1-11-14(6-3-7-15(11)18)16(20)19-10-13-5-2-4-12(8-13)9-17/h2-8H,9-10H2,1H3,(H,19,20). The van der Waals surface area contributed by atoms with E-state index in [9.17, 15) is 4.79 Å². The molecule has 20 heavy (non-hydrogen) atoms. The van der Waals surface area contributed by atoms with Gasteiger partial charge >= 0.3 is 0 Å². The fraction of sp³-hybridized carbons (Fsp3) is 0.188. The molecule has 1 N–H and O–H groups in total. The Kier molecular flexibility index (Phi) is 5.05. The molecule has 0 spiro atoms. The number of carbonyl (C=O) groups excluding carboxylic acids is 1. The smallest absolute Gasteiger partial charge is 0.251 e. The van der Waals surface area contributed by atoms with E-state index in [0.717, 1.165) is 16.7 Å². The number of hydrogen-bond acceptors (Lipinski definition) is 1. The van der Waals surface area contributed by atoms with Gasteiger partial charge in [-0.25, -0.2) is 0 Å². The average molecular weight is 308 g/mol. The third-order valence-electron chi connectivity index (χ3n) is 3.11. The highest BCUT2D eigenvalue weighted by Gasteiger charge is 2.10. The van der Waals surface area contributed by atoms with Crippen molar-refractivity contribution in [3.63, 3.8) is 0 Å². The molecule has 0 saturated carbocycles. The maximum absolute atomic E-state index is 12.1. The number of benzene rings is 2. The summed E-state index contributed by atoms with van der Waals surface area (Å²) in [4.78, 5) is 12.1. The van der Waals surface area contributed by atoms with Crippen molar-refractivity contribution in [3.8, 4) is 0 Å². The predicted molar refractivity (Wildman–Crippen MR) is 83.4 cm³/mol. The fourth-order valence-corrected chi connectivity index (χ4v) is 2.29. The first-order chi connectivity index (χ1) is 9.61. The van der Waals surface area contributed by atoms with E-state index in [2.05, 4.69) is 5.32 Å². The van der Waals surface area contributed by atoms with Gasteiger partial charge in [0.1, 0.15) is 0 Å². The van der Waals surface area contributed by atoms with Crippen LogP contribution in [0.5, 0.6) is 0 Å². The van der Waals surface area contributed by atoms with Crippen LogP contribution in [0.25, 0.3) is 0 Å². The van der Waals surface area contributed by atoms with Gasteiger partial charge in [-0.2, -0.15) is 0 Å². The number of hydrogen-bond donors (Lipinski definition) is 1. The molecule has 0 bridgehead atoms. The predicted octanol–water partition coefficient (Wildman–Crippen LogP) is 4.32. The van der Waals surface area contributed by atoms with Gasteiger partial charge in [0.15, 0.2) is 0 Å². The molecular weight excluding hydrogens is 293 g/mol. The normalized spacial score (nSPS) is 10.3. The summed E-state index contributed by atoms with van der Waals surface area (Å²) in [6, 6.07) is 13.2. The summed E-state index contributed by atoms with van der Waals surface area (Å²) in [6.45, 7) is 2.31. The van der Waals surface area contributed by atoms with Crippen molar-refractivity contribution in [3.05, 3.63) is 69.7 Å². The van der Waals surface area contributed by atoms with Crippen molar-refractivity contribution in [2.45, 2.75) is 19.3 Å². The van der Waals surface area contributed by atoms with Crippen LogP contribution in [0.3, 0.4) is 0 Å². The van der Waals surface area contributed by atoms with Crippen molar-refractivity contribution in [2.24, 2.45) is 0 Å². The van der Waals surface area contributed by atoms with Gasteiger partial charge in [-0.15, -0.1) is 11.6 Å². The number of rotatable bonds is 4. The molecule has 2 nitrogen and oxygen atoms in total. The van der Waals surface area contributed by atoms with Gasteiger partial charge < -0.3 is 5.32 Å². The lowest BCUT2D eigenvalue weighted by atomic mass is 10.1. The van der Waals surface area contributed by atoms with E-state index < -0.39 is 0 Å². The molecule has 0 aliphatic carbocycles. The van der Waals surface area contributed by atoms with Crippen LogP contribution in [0, 0.1) is 6.92 Å². The van der Waals surface area contributed by atoms with Crippen molar-refractivity contribution < 1.29 is 4.79 Å². The Morgan fingerprint density at radius 3 is 2.60 bits per heavy atom. The Morgan fingerprint density at radius 2 is 1.85 bits per heavy atom. The van der Waals surface area contributed by atoms with E-state index in [4.69, 9.17) is 23.2 Å². The molecule has 0 unspecified atom stereocenters. The van der Waals surface area contributed by atoms with Crippen molar-refractivity contribution >= 4 is 29.1 Å². The minimum atomic E-state index is -0.124. The second-order valence-corrected chi connectivity index (χ2v) is 5.22. The number of alkyl halides is 1. The second-order valence-electron chi connectivity index (χ2n) is 4.55. The lowest BCUT2D eigenvalue weighted by molar-refractivity contribution is 0.0950. The summed E-state index contributed by atoms with van der Waals surface area (Å²) in [5.74, 6) is 0.344. The fourth-order valence-electron chi connectivity index (χ4n) is 1.95. The first-order valence-corrected chi connectivity index (χ1v) is 7.20. The highest BCUT2D eigenvalue weighted by atomic mass is 35.5. The molecule has 4 heteroatoms. The zero-order chi connectivity index (χ0) is 14.5. The molecule has 0 saturated heterocycles. The van der Waals surface area contributed by atoms with Crippen LogP contribution < -0.4 is 5.32 Å². The number of carbonyl (C=O) groups is 1. The van der Waals surface area contributed by atoms with Crippen LogP contribution in [0.4, 0.5) is 0 Å². The van der Waals surface area contributed by atoms with Crippen LogP contribution in [0.1, 0.15) is 27.0 Å². The zero-order valence-electron chi connectivity index (χ0n) is 11.1. The van der Waals surface area contributed by atoms with Crippen molar-refractivity contribution in [1.29, 1.82) is 0 Å². The SMILES string of the molecule is Cc1c(Cl)cccc1C(=O)NCc1cccc(CCl)c1. The summed E-state index contributed by atoms with van der Waals surface area (Å²) in [5, 5.41) is 3.49. The van der Waals surface area contributed by atoms with Crippen LogP contribution in [0.2, 0.25) is 5.02 Å².